The van der Waals surface area contributed by atoms with Crippen molar-refractivity contribution in [3.63, 3.8) is 0 Å². The molecule has 1 N–H and O–H groups in total. The maximum Gasteiger partial charge on any atom is 0.257 e. The lowest BCUT2D eigenvalue weighted by Gasteiger charge is -2.37. The van der Waals surface area contributed by atoms with Crippen molar-refractivity contribution >= 4 is 11.6 Å². The lowest BCUT2D eigenvalue weighted by molar-refractivity contribution is 0.0706. The summed E-state index contributed by atoms with van der Waals surface area (Å²) in [6.07, 6.45) is -0.111. The van der Waals surface area contributed by atoms with Crippen molar-refractivity contribution in [1.29, 1.82) is 0 Å². The number of carbonyl (C=O) groups is 1. The molecule has 2 aromatic rings. The number of likely N-dealkylation sites (N-methyl/N-ethyl adjacent to an activating group) is 2. The smallest absolute Gasteiger partial charge is 0.257 e. The molecule has 1 heterocycles. The second-order valence-electron chi connectivity index (χ2n) is 5.95. The molecule has 0 saturated carbocycles. The van der Waals surface area contributed by atoms with Crippen LogP contribution in [0.1, 0.15) is 17.3 Å². The van der Waals surface area contributed by atoms with E-state index in [9.17, 15) is 9.90 Å². The molecule has 0 radical (unpaired) electrons. The number of fused-ring (bicyclic) bond motifs is 1. The maximum absolute atomic E-state index is 12.5. The highest BCUT2D eigenvalue weighted by atomic mass is 16.5. The van der Waals surface area contributed by atoms with Gasteiger partial charge < -0.3 is 19.6 Å². The number of phenols is 1. The van der Waals surface area contributed by atoms with E-state index in [0.29, 0.717) is 12.1 Å². The largest absolute Gasteiger partial charge is 0.507 e. The highest BCUT2D eigenvalue weighted by molar-refractivity contribution is 5.96. The van der Waals surface area contributed by atoms with E-state index >= 15 is 0 Å². The van der Waals surface area contributed by atoms with E-state index in [1.54, 1.807) is 30.1 Å². The fourth-order valence-corrected chi connectivity index (χ4v) is 3.02. The Balaban J connectivity index is 1.72. The van der Waals surface area contributed by atoms with Gasteiger partial charge in [-0.3, -0.25) is 4.79 Å². The van der Waals surface area contributed by atoms with E-state index in [1.807, 2.05) is 24.3 Å². The number of rotatable bonds is 4. The number of benzene rings is 2. The van der Waals surface area contributed by atoms with Gasteiger partial charge in [0.1, 0.15) is 17.6 Å². The van der Waals surface area contributed by atoms with Crippen LogP contribution in [0.15, 0.2) is 48.5 Å². The summed E-state index contributed by atoms with van der Waals surface area (Å²) in [7, 11) is 1.73. The number of amides is 1. The fraction of sp³-hybridized carbons (Fsp3) is 0.316. The predicted octanol–water partition coefficient (Wildman–Crippen LogP) is 2.75. The van der Waals surface area contributed by atoms with Crippen LogP contribution in [0.4, 0.5) is 5.69 Å². The van der Waals surface area contributed by atoms with Crippen LogP contribution in [0.2, 0.25) is 0 Å². The number of nitrogens with zero attached hydrogens (tertiary/aromatic N) is 2. The van der Waals surface area contributed by atoms with Crippen LogP contribution in [0.25, 0.3) is 0 Å². The summed E-state index contributed by atoms with van der Waals surface area (Å²) >= 11 is 0. The molecule has 1 unspecified atom stereocenters. The Kier molecular flexibility index (Phi) is 4.60. The number of carbonyl (C=O) groups excluding carboxylic acids is 1. The van der Waals surface area contributed by atoms with Crippen LogP contribution in [-0.2, 0) is 0 Å². The molecule has 0 spiro atoms. The van der Waals surface area contributed by atoms with Crippen LogP contribution in [0.3, 0.4) is 0 Å². The number of ether oxygens (including phenoxy) is 1. The van der Waals surface area contributed by atoms with Crippen LogP contribution < -0.4 is 9.64 Å². The number of phenolic OH excluding ortho intramolecular Hbond substituents is 1. The highest BCUT2D eigenvalue weighted by Gasteiger charge is 2.27. The van der Waals surface area contributed by atoms with Crippen molar-refractivity contribution in [3.05, 3.63) is 54.1 Å². The molecule has 5 heteroatoms. The van der Waals surface area contributed by atoms with Crippen molar-refractivity contribution in [1.82, 2.24) is 4.90 Å². The predicted molar refractivity (Wildman–Crippen MR) is 93.8 cm³/mol. The van der Waals surface area contributed by atoms with Gasteiger partial charge in [0.25, 0.3) is 5.91 Å². The highest BCUT2D eigenvalue weighted by Crippen LogP contribution is 2.33. The van der Waals surface area contributed by atoms with Gasteiger partial charge in [-0.15, -0.1) is 0 Å². The Morgan fingerprint density at radius 3 is 2.71 bits per heavy atom. The summed E-state index contributed by atoms with van der Waals surface area (Å²) in [5, 5.41) is 9.86. The Bertz CT molecular complexity index is 732. The number of aromatic hydroxyl groups is 1. The van der Waals surface area contributed by atoms with Gasteiger partial charge in [-0.05, 0) is 31.2 Å². The summed E-state index contributed by atoms with van der Waals surface area (Å²) in [4.78, 5) is 16.4. The van der Waals surface area contributed by atoms with Crippen molar-refractivity contribution in [2.45, 2.75) is 13.0 Å². The Labute approximate surface area is 142 Å². The average Bonchev–Trinajstić information content (AvgIpc) is 2.60. The zero-order valence-electron chi connectivity index (χ0n) is 14.0. The number of para-hydroxylation sites is 3. The second kappa shape index (κ2) is 6.83. The third kappa shape index (κ3) is 3.15. The number of anilines is 1. The maximum atomic E-state index is 12.5. The van der Waals surface area contributed by atoms with Crippen molar-refractivity contribution < 1.29 is 14.6 Å². The Morgan fingerprint density at radius 1 is 1.25 bits per heavy atom. The fourth-order valence-electron chi connectivity index (χ4n) is 3.02. The van der Waals surface area contributed by atoms with E-state index in [2.05, 4.69) is 11.8 Å². The summed E-state index contributed by atoms with van der Waals surface area (Å²) in [6, 6.07) is 14.5. The molecule has 1 amide bonds. The van der Waals surface area contributed by atoms with Gasteiger partial charge in [0, 0.05) is 13.6 Å². The standard InChI is InChI=1S/C19H22N2O3/c1-3-21-13-14(24-18-11-7-5-9-16(18)21)12-20(2)19(23)15-8-4-6-10-17(15)22/h4-11,14,22H,3,12-13H2,1-2H3. The van der Waals surface area contributed by atoms with Crippen LogP contribution in [0, 0.1) is 0 Å². The molecule has 5 nitrogen and oxygen atoms in total. The first-order valence-corrected chi connectivity index (χ1v) is 8.14. The van der Waals surface area contributed by atoms with E-state index < -0.39 is 0 Å². The molecule has 0 saturated heterocycles. The van der Waals surface area contributed by atoms with Gasteiger partial charge in [-0.2, -0.15) is 0 Å². The monoisotopic (exact) mass is 326 g/mol. The van der Waals surface area contributed by atoms with Gasteiger partial charge >= 0.3 is 0 Å². The lowest BCUT2D eigenvalue weighted by atomic mass is 10.1. The molecule has 1 aliphatic heterocycles. The molecule has 0 aliphatic carbocycles. The molecule has 2 aromatic carbocycles. The molecular formula is C19H22N2O3. The number of hydrogen-bond donors (Lipinski definition) is 1. The minimum atomic E-state index is -0.210. The molecule has 0 aromatic heterocycles. The molecule has 1 atom stereocenters. The molecule has 1 aliphatic rings. The zero-order valence-corrected chi connectivity index (χ0v) is 14.0. The number of hydrogen-bond acceptors (Lipinski definition) is 4. The third-order valence-electron chi connectivity index (χ3n) is 4.26. The first kappa shape index (κ1) is 16.2. The van der Waals surface area contributed by atoms with Crippen molar-refractivity contribution in [2.75, 3.05) is 31.6 Å². The van der Waals surface area contributed by atoms with Gasteiger partial charge in [0.05, 0.1) is 24.3 Å². The molecule has 24 heavy (non-hydrogen) atoms. The summed E-state index contributed by atoms with van der Waals surface area (Å²) in [6.45, 7) is 4.17. The van der Waals surface area contributed by atoms with Crippen LogP contribution in [-0.4, -0.2) is 48.7 Å². The second-order valence-corrected chi connectivity index (χ2v) is 5.95. The van der Waals surface area contributed by atoms with Gasteiger partial charge in [0.15, 0.2) is 0 Å². The zero-order chi connectivity index (χ0) is 17.1. The van der Waals surface area contributed by atoms with Crippen molar-refractivity contribution in [3.8, 4) is 11.5 Å². The summed E-state index contributed by atoms with van der Waals surface area (Å²) in [5.41, 5.74) is 1.40. The first-order chi connectivity index (χ1) is 11.6. The van der Waals surface area contributed by atoms with E-state index in [4.69, 9.17) is 4.74 Å². The third-order valence-corrected chi connectivity index (χ3v) is 4.26. The van der Waals surface area contributed by atoms with E-state index in [0.717, 1.165) is 24.5 Å². The summed E-state index contributed by atoms with van der Waals surface area (Å²) in [5.74, 6) is 0.636. The quantitative estimate of drug-likeness (QED) is 0.939. The van der Waals surface area contributed by atoms with Crippen LogP contribution >= 0.6 is 0 Å². The first-order valence-electron chi connectivity index (χ1n) is 8.14. The van der Waals surface area contributed by atoms with E-state index in [-0.39, 0.29) is 17.8 Å². The van der Waals surface area contributed by atoms with Gasteiger partial charge in [-0.1, -0.05) is 24.3 Å². The molecule has 126 valence electrons. The average molecular weight is 326 g/mol. The lowest BCUT2D eigenvalue weighted by Crippen LogP contribution is -2.46. The van der Waals surface area contributed by atoms with Crippen molar-refractivity contribution in [2.24, 2.45) is 0 Å². The van der Waals surface area contributed by atoms with Crippen LogP contribution in [0.5, 0.6) is 11.5 Å². The minimum Gasteiger partial charge on any atom is -0.507 e. The topological polar surface area (TPSA) is 53.0 Å². The molecule has 0 bridgehead atoms. The molecule has 3 rings (SSSR count). The normalized spacial score (nSPS) is 16.2. The minimum absolute atomic E-state index is 0.000516. The molecule has 0 fully saturated rings. The SMILES string of the molecule is CCN1CC(CN(C)C(=O)c2ccccc2O)Oc2ccccc21. The van der Waals surface area contributed by atoms with Gasteiger partial charge in [0.2, 0.25) is 0 Å². The Morgan fingerprint density at radius 2 is 1.96 bits per heavy atom. The Hall–Kier alpha value is -2.69. The van der Waals surface area contributed by atoms with Gasteiger partial charge in [-0.25, -0.2) is 0 Å². The van der Waals surface area contributed by atoms with E-state index in [1.165, 1.54) is 6.07 Å². The molecular weight excluding hydrogens is 304 g/mol. The summed E-state index contributed by atoms with van der Waals surface area (Å²) < 4.78 is 6.05.